The Balaban J connectivity index is 1.23. The molecule has 0 bridgehead atoms. The smallest absolute Gasteiger partial charge is 0.170 e. The molecule has 2 heterocycles. The lowest BCUT2D eigenvalue weighted by Gasteiger charge is -2.31. The second-order valence-corrected chi connectivity index (χ2v) is 8.21. The van der Waals surface area contributed by atoms with Crippen molar-refractivity contribution >= 4 is 11.0 Å². The van der Waals surface area contributed by atoms with Gasteiger partial charge in [0.15, 0.2) is 5.58 Å². The van der Waals surface area contributed by atoms with E-state index in [1.807, 2.05) is 6.07 Å². The third-order valence-corrected chi connectivity index (χ3v) is 6.06. The van der Waals surface area contributed by atoms with Gasteiger partial charge in [-0.05, 0) is 69.0 Å². The standard InChI is InChI=1S/C25H31FN3O2/c1-2-4-18-5-8-23(20(15-18)17-27)30-14-3-11-29-12-9-19(10-13-29)25-22-7-6-21(26)16-24(22)31-28-25/h4-8,15-16,19H,2-3,9-14,17,27H2,1H3. The summed E-state index contributed by atoms with van der Waals surface area (Å²) in [7, 11) is 0. The van der Waals surface area contributed by atoms with Gasteiger partial charge in [-0.15, -0.1) is 0 Å². The van der Waals surface area contributed by atoms with Crippen LogP contribution in [0.25, 0.3) is 11.0 Å². The Hall–Kier alpha value is -2.44. The zero-order valence-corrected chi connectivity index (χ0v) is 18.1. The van der Waals surface area contributed by atoms with Crippen LogP contribution in [0.2, 0.25) is 0 Å². The molecule has 0 saturated carbocycles. The minimum Gasteiger partial charge on any atom is -0.493 e. The summed E-state index contributed by atoms with van der Waals surface area (Å²) >= 11 is 0. The maximum atomic E-state index is 13.4. The first-order chi connectivity index (χ1) is 15.2. The molecule has 4 rings (SSSR count). The van der Waals surface area contributed by atoms with Gasteiger partial charge in [0.1, 0.15) is 11.6 Å². The summed E-state index contributed by atoms with van der Waals surface area (Å²) in [5.41, 5.74) is 9.66. The van der Waals surface area contributed by atoms with Crippen LogP contribution in [-0.2, 0) is 6.54 Å². The van der Waals surface area contributed by atoms with Crippen LogP contribution in [0.3, 0.4) is 0 Å². The Morgan fingerprint density at radius 3 is 2.84 bits per heavy atom. The van der Waals surface area contributed by atoms with Crippen LogP contribution in [0.5, 0.6) is 5.75 Å². The molecule has 1 aliphatic rings. The monoisotopic (exact) mass is 424 g/mol. The number of piperidine rings is 1. The number of nitrogens with zero attached hydrogens (tertiary/aromatic N) is 2. The van der Waals surface area contributed by atoms with Crippen LogP contribution in [0.15, 0.2) is 40.9 Å². The zero-order valence-electron chi connectivity index (χ0n) is 18.1. The molecule has 1 radical (unpaired) electrons. The van der Waals surface area contributed by atoms with Crippen molar-refractivity contribution in [1.82, 2.24) is 10.1 Å². The van der Waals surface area contributed by atoms with Crippen LogP contribution >= 0.6 is 0 Å². The molecule has 5 nitrogen and oxygen atoms in total. The minimum atomic E-state index is -0.291. The number of aromatic nitrogens is 1. The number of halogens is 1. The van der Waals surface area contributed by atoms with Gasteiger partial charge < -0.3 is 19.9 Å². The van der Waals surface area contributed by atoms with E-state index < -0.39 is 0 Å². The summed E-state index contributed by atoms with van der Waals surface area (Å²) in [6.45, 7) is 6.36. The first-order valence-electron chi connectivity index (χ1n) is 11.2. The van der Waals surface area contributed by atoms with E-state index in [0.717, 1.165) is 67.7 Å². The van der Waals surface area contributed by atoms with Gasteiger partial charge in [0.2, 0.25) is 0 Å². The third kappa shape index (κ3) is 5.25. The molecule has 0 aliphatic carbocycles. The summed E-state index contributed by atoms with van der Waals surface area (Å²) in [5, 5.41) is 5.17. The zero-order chi connectivity index (χ0) is 21.6. The van der Waals surface area contributed by atoms with E-state index in [-0.39, 0.29) is 5.82 Å². The lowest BCUT2D eigenvalue weighted by Crippen LogP contribution is -2.34. The van der Waals surface area contributed by atoms with E-state index in [4.69, 9.17) is 15.0 Å². The number of ether oxygens (including phenoxy) is 1. The third-order valence-electron chi connectivity index (χ3n) is 6.06. The number of hydrogen-bond acceptors (Lipinski definition) is 5. The summed E-state index contributed by atoms with van der Waals surface area (Å²) in [6, 6.07) is 10.9. The first kappa shape index (κ1) is 21.8. The van der Waals surface area contributed by atoms with Crippen molar-refractivity contribution in [1.29, 1.82) is 0 Å². The molecule has 1 aromatic heterocycles. The minimum absolute atomic E-state index is 0.291. The molecule has 2 N–H and O–H groups in total. The van der Waals surface area contributed by atoms with Crippen molar-refractivity contribution in [3.63, 3.8) is 0 Å². The Labute approximate surface area is 183 Å². The summed E-state index contributed by atoms with van der Waals surface area (Å²) in [5.74, 6) is 0.967. The predicted octanol–water partition coefficient (Wildman–Crippen LogP) is 5.04. The molecular formula is C25H31FN3O2. The van der Waals surface area contributed by atoms with Gasteiger partial charge in [0.25, 0.3) is 0 Å². The molecule has 6 heteroatoms. The molecule has 165 valence electrons. The molecule has 2 aromatic carbocycles. The Morgan fingerprint density at radius 2 is 2.06 bits per heavy atom. The normalized spacial score (nSPS) is 15.6. The lowest BCUT2D eigenvalue weighted by molar-refractivity contribution is 0.190. The molecule has 1 aliphatic heterocycles. The van der Waals surface area contributed by atoms with E-state index >= 15 is 0 Å². The molecule has 0 unspecified atom stereocenters. The van der Waals surface area contributed by atoms with E-state index in [1.54, 1.807) is 6.07 Å². The van der Waals surface area contributed by atoms with Crippen LogP contribution in [0.1, 0.15) is 55.3 Å². The SMILES string of the molecule is CC[CH]c1ccc(OCCCN2CCC(c3noc4cc(F)ccc34)CC2)c(CN)c1. The second kappa shape index (κ2) is 10.2. The van der Waals surface area contributed by atoms with E-state index in [0.29, 0.717) is 24.7 Å². The highest BCUT2D eigenvalue weighted by Gasteiger charge is 2.25. The fourth-order valence-corrected chi connectivity index (χ4v) is 4.39. The molecule has 0 amide bonds. The van der Waals surface area contributed by atoms with Crippen molar-refractivity contribution in [3.8, 4) is 5.75 Å². The van der Waals surface area contributed by atoms with E-state index in [2.05, 4.69) is 35.5 Å². The Kier molecular flexibility index (Phi) is 7.20. The van der Waals surface area contributed by atoms with Crippen LogP contribution in [0.4, 0.5) is 4.39 Å². The number of hydrogen-bond donors (Lipinski definition) is 1. The molecule has 1 saturated heterocycles. The largest absolute Gasteiger partial charge is 0.493 e. The number of fused-ring (bicyclic) bond motifs is 1. The van der Waals surface area contributed by atoms with E-state index in [1.165, 1.54) is 17.7 Å². The highest BCUT2D eigenvalue weighted by Crippen LogP contribution is 2.32. The quantitative estimate of drug-likeness (QED) is 0.488. The van der Waals surface area contributed by atoms with Gasteiger partial charge in [-0.3, -0.25) is 0 Å². The number of benzene rings is 2. The molecule has 0 atom stereocenters. The number of likely N-dealkylation sites (tertiary alicyclic amines) is 1. The average Bonchev–Trinajstić information content (AvgIpc) is 3.21. The topological polar surface area (TPSA) is 64.5 Å². The summed E-state index contributed by atoms with van der Waals surface area (Å²) < 4.78 is 24.7. The lowest BCUT2D eigenvalue weighted by atomic mass is 9.91. The Bertz CT molecular complexity index is 996. The van der Waals surface area contributed by atoms with Gasteiger partial charge in [-0.25, -0.2) is 4.39 Å². The van der Waals surface area contributed by atoms with E-state index in [9.17, 15) is 4.39 Å². The maximum absolute atomic E-state index is 13.4. The highest BCUT2D eigenvalue weighted by molar-refractivity contribution is 5.79. The highest BCUT2D eigenvalue weighted by atomic mass is 19.1. The number of nitrogens with two attached hydrogens (primary N) is 1. The molecule has 1 fully saturated rings. The molecule has 0 spiro atoms. The second-order valence-electron chi connectivity index (χ2n) is 8.21. The van der Waals surface area contributed by atoms with Crippen LogP contribution in [0, 0.1) is 12.2 Å². The number of rotatable bonds is 9. The van der Waals surface area contributed by atoms with Gasteiger partial charge in [-0.2, -0.15) is 0 Å². The first-order valence-corrected chi connectivity index (χ1v) is 11.2. The van der Waals surface area contributed by atoms with Crippen molar-refractivity contribution in [2.24, 2.45) is 5.73 Å². The Morgan fingerprint density at radius 1 is 1.23 bits per heavy atom. The predicted molar refractivity (Wildman–Crippen MR) is 121 cm³/mol. The average molecular weight is 425 g/mol. The molecular weight excluding hydrogens is 393 g/mol. The van der Waals surface area contributed by atoms with Gasteiger partial charge in [0, 0.05) is 36.0 Å². The van der Waals surface area contributed by atoms with Crippen molar-refractivity contribution in [3.05, 3.63) is 65.5 Å². The van der Waals surface area contributed by atoms with Crippen LogP contribution in [-0.4, -0.2) is 36.3 Å². The van der Waals surface area contributed by atoms with Crippen molar-refractivity contribution in [2.75, 3.05) is 26.2 Å². The fourth-order valence-electron chi connectivity index (χ4n) is 4.39. The molecule has 31 heavy (non-hydrogen) atoms. The summed E-state index contributed by atoms with van der Waals surface area (Å²) in [4.78, 5) is 2.48. The van der Waals surface area contributed by atoms with Gasteiger partial charge in [-0.1, -0.05) is 24.2 Å². The maximum Gasteiger partial charge on any atom is 0.170 e. The van der Waals surface area contributed by atoms with Crippen LogP contribution < -0.4 is 10.5 Å². The van der Waals surface area contributed by atoms with Gasteiger partial charge in [0.05, 0.1) is 12.3 Å². The fraction of sp³-hybridized carbons (Fsp3) is 0.440. The van der Waals surface area contributed by atoms with Crippen molar-refractivity contribution < 1.29 is 13.7 Å². The van der Waals surface area contributed by atoms with Gasteiger partial charge >= 0.3 is 0 Å². The molecule has 3 aromatic rings. The summed E-state index contributed by atoms with van der Waals surface area (Å²) in [6.07, 6.45) is 6.24. The van der Waals surface area contributed by atoms with Crippen molar-refractivity contribution in [2.45, 2.75) is 45.1 Å².